The van der Waals surface area contributed by atoms with E-state index in [0.29, 0.717) is 11.7 Å². The first kappa shape index (κ1) is 19.0. The highest BCUT2D eigenvalue weighted by molar-refractivity contribution is 5.79. The predicted octanol–water partition coefficient (Wildman–Crippen LogP) is 2.62. The topological polar surface area (TPSA) is 87.6 Å². The second kappa shape index (κ2) is 9.23. The summed E-state index contributed by atoms with van der Waals surface area (Å²) in [6.45, 7) is 6.71. The molecular weight excluding hydrogens is 342 g/mol. The van der Waals surface area contributed by atoms with Crippen molar-refractivity contribution in [2.24, 2.45) is 4.99 Å². The SMILES string of the molecule is CCNC(=NCC(O)c1ccco1)NCCCn1c(C)nc2ccccc21. The van der Waals surface area contributed by atoms with Crippen molar-refractivity contribution in [2.75, 3.05) is 19.6 Å². The lowest BCUT2D eigenvalue weighted by Crippen LogP contribution is -2.38. The number of aliphatic imine (C=N–C) groups is 1. The van der Waals surface area contributed by atoms with E-state index in [9.17, 15) is 5.11 Å². The van der Waals surface area contributed by atoms with Crippen LogP contribution in [0.1, 0.15) is 31.0 Å². The van der Waals surface area contributed by atoms with Gasteiger partial charge in [-0.1, -0.05) is 12.1 Å². The first-order valence-electron chi connectivity index (χ1n) is 9.34. The van der Waals surface area contributed by atoms with Crippen molar-refractivity contribution in [1.82, 2.24) is 20.2 Å². The van der Waals surface area contributed by atoms with E-state index in [1.54, 1.807) is 18.4 Å². The summed E-state index contributed by atoms with van der Waals surface area (Å²) in [5, 5.41) is 16.6. The molecule has 27 heavy (non-hydrogen) atoms. The molecule has 0 saturated heterocycles. The Kier molecular flexibility index (Phi) is 6.49. The monoisotopic (exact) mass is 369 g/mol. The Morgan fingerprint density at radius 2 is 2.11 bits per heavy atom. The number of rotatable bonds is 8. The summed E-state index contributed by atoms with van der Waals surface area (Å²) in [4.78, 5) is 9.04. The number of guanidine groups is 1. The van der Waals surface area contributed by atoms with Crippen LogP contribution in [0.25, 0.3) is 11.0 Å². The molecule has 0 spiro atoms. The number of hydrogen-bond acceptors (Lipinski definition) is 4. The molecule has 2 aromatic heterocycles. The van der Waals surface area contributed by atoms with Crippen molar-refractivity contribution in [3.8, 4) is 0 Å². The van der Waals surface area contributed by atoms with Crippen molar-refractivity contribution < 1.29 is 9.52 Å². The van der Waals surface area contributed by atoms with Gasteiger partial charge in [0.15, 0.2) is 5.96 Å². The number of aryl methyl sites for hydroxylation is 2. The average Bonchev–Trinajstić information content (AvgIpc) is 3.31. The molecule has 7 nitrogen and oxygen atoms in total. The van der Waals surface area contributed by atoms with Gasteiger partial charge in [0.25, 0.3) is 0 Å². The Morgan fingerprint density at radius 1 is 1.26 bits per heavy atom. The third-order valence-electron chi connectivity index (χ3n) is 4.33. The highest BCUT2D eigenvalue weighted by Gasteiger charge is 2.10. The molecule has 0 saturated carbocycles. The van der Waals surface area contributed by atoms with Gasteiger partial charge in [-0.25, -0.2) is 4.98 Å². The van der Waals surface area contributed by atoms with E-state index in [-0.39, 0.29) is 6.54 Å². The van der Waals surface area contributed by atoms with Crippen molar-refractivity contribution in [2.45, 2.75) is 32.9 Å². The molecule has 0 bridgehead atoms. The third-order valence-corrected chi connectivity index (χ3v) is 4.33. The number of aliphatic hydroxyl groups is 1. The van der Waals surface area contributed by atoms with Crippen LogP contribution in [0.5, 0.6) is 0 Å². The molecule has 0 amide bonds. The molecule has 1 unspecified atom stereocenters. The van der Waals surface area contributed by atoms with Crippen molar-refractivity contribution in [1.29, 1.82) is 0 Å². The number of aromatic nitrogens is 2. The third kappa shape index (κ3) is 4.89. The zero-order valence-corrected chi connectivity index (χ0v) is 15.9. The quantitative estimate of drug-likeness (QED) is 0.323. The largest absolute Gasteiger partial charge is 0.467 e. The van der Waals surface area contributed by atoms with Crippen LogP contribution in [0, 0.1) is 6.92 Å². The van der Waals surface area contributed by atoms with Gasteiger partial charge >= 0.3 is 0 Å². The van der Waals surface area contributed by atoms with Crippen LogP contribution in [-0.2, 0) is 6.54 Å². The van der Waals surface area contributed by atoms with E-state index in [2.05, 4.69) is 31.2 Å². The van der Waals surface area contributed by atoms with Gasteiger partial charge in [0.05, 0.1) is 23.8 Å². The fourth-order valence-corrected chi connectivity index (χ4v) is 3.01. The first-order valence-corrected chi connectivity index (χ1v) is 9.34. The lowest BCUT2D eigenvalue weighted by atomic mass is 10.3. The summed E-state index contributed by atoms with van der Waals surface area (Å²) in [7, 11) is 0. The van der Waals surface area contributed by atoms with Crippen LogP contribution in [0.3, 0.4) is 0 Å². The van der Waals surface area contributed by atoms with Gasteiger partial charge in [-0.2, -0.15) is 0 Å². The summed E-state index contributed by atoms with van der Waals surface area (Å²) in [6, 6.07) is 11.7. The second-order valence-electron chi connectivity index (χ2n) is 6.33. The minimum atomic E-state index is -0.740. The molecule has 144 valence electrons. The van der Waals surface area contributed by atoms with Gasteiger partial charge in [0.2, 0.25) is 0 Å². The highest BCUT2D eigenvalue weighted by Crippen LogP contribution is 2.15. The molecule has 1 atom stereocenters. The van der Waals surface area contributed by atoms with Gasteiger partial charge < -0.3 is 24.7 Å². The average molecular weight is 369 g/mol. The van der Waals surface area contributed by atoms with Crippen molar-refractivity contribution in [3.05, 3.63) is 54.2 Å². The molecule has 7 heteroatoms. The smallest absolute Gasteiger partial charge is 0.191 e. The Hall–Kier alpha value is -2.80. The zero-order valence-electron chi connectivity index (χ0n) is 15.9. The molecule has 1 aromatic carbocycles. The summed E-state index contributed by atoms with van der Waals surface area (Å²) in [5.41, 5.74) is 2.20. The van der Waals surface area contributed by atoms with Gasteiger partial charge in [-0.3, -0.25) is 4.99 Å². The molecule has 0 aliphatic heterocycles. The number of hydrogen-bond donors (Lipinski definition) is 3. The number of furan rings is 1. The fourth-order valence-electron chi connectivity index (χ4n) is 3.01. The highest BCUT2D eigenvalue weighted by atomic mass is 16.4. The van der Waals surface area contributed by atoms with Crippen molar-refractivity contribution >= 4 is 17.0 Å². The fraction of sp³-hybridized carbons (Fsp3) is 0.400. The van der Waals surface area contributed by atoms with E-state index in [1.807, 2.05) is 32.0 Å². The normalized spacial score (nSPS) is 13.1. The van der Waals surface area contributed by atoms with Crippen LogP contribution in [0.15, 0.2) is 52.1 Å². The number of imidazole rings is 1. The molecule has 3 aromatic rings. The van der Waals surface area contributed by atoms with Crippen LogP contribution >= 0.6 is 0 Å². The predicted molar refractivity (Wildman–Crippen MR) is 107 cm³/mol. The van der Waals surface area contributed by atoms with Gasteiger partial charge in [0.1, 0.15) is 17.7 Å². The Labute approximate surface area is 159 Å². The standard InChI is InChI=1S/C20H27N5O2/c1-3-21-20(23-14-18(26)19-10-6-13-27-19)22-11-7-12-25-15(2)24-16-8-4-5-9-17(16)25/h4-6,8-10,13,18,26H,3,7,11-12,14H2,1-2H3,(H2,21,22,23). The number of benzene rings is 1. The first-order chi connectivity index (χ1) is 13.2. The van der Waals surface area contributed by atoms with E-state index >= 15 is 0 Å². The van der Waals surface area contributed by atoms with Crippen LogP contribution < -0.4 is 10.6 Å². The molecule has 0 fully saturated rings. The van der Waals surface area contributed by atoms with E-state index < -0.39 is 6.10 Å². The van der Waals surface area contributed by atoms with E-state index in [1.165, 1.54) is 0 Å². The van der Waals surface area contributed by atoms with Crippen LogP contribution in [-0.4, -0.2) is 40.3 Å². The summed E-state index contributed by atoms with van der Waals surface area (Å²) in [5.74, 6) is 2.24. The van der Waals surface area contributed by atoms with Crippen molar-refractivity contribution in [3.63, 3.8) is 0 Å². The Balaban J connectivity index is 1.52. The lowest BCUT2D eigenvalue weighted by molar-refractivity contribution is 0.158. The van der Waals surface area contributed by atoms with Crippen LogP contribution in [0.4, 0.5) is 0 Å². The van der Waals surface area contributed by atoms with Gasteiger partial charge in [0, 0.05) is 19.6 Å². The molecule has 0 aliphatic carbocycles. The molecular formula is C20H27N5O2. The maximum absolute atomic E-state index is 10.1. The summed E-state index contributed by atoms with van der Waals surface area (Å²) < 4.78 is 7.44. The van der Waals surface area contributed by atoms with E-state index in [0.717, 1.165) is 42.9 Å². The molecule has 3 N–H and O–H groups in total. The molecule has 0 radical (unpaired) electrons. The number of nitrogens with zero attached hydrogens (tertiary/aromatic N) is 3. The Morgan fingerprint density at radius 3 is 2.89 bits per heavy atom. The number of nitrogens with one attached hydrogen (secondary N) is 2. The zero-order chi connectivity index (χ0) is 19.1. The molecule has 0 aliphatic rings. The summed E-state index contributed by atoms with van der Waals surface area (Å²) >= 11 is 0. The number of fused-ring (bicyclic) bond motifs is 1. The number of para-hydroxylation sites is 2. The maximum atomic E-state index is 10.1. The maximum Gasteiger partial charge on any atom is 0.191 e. The lowest BCUT2D eigenvalue weighted by Gasteiger charge is -2.13. The number of aliphatic hydroxyl groups excluding tert-OH is 1. The van der Waals surface area contributed by atoms with E-state index in [4.69, 9.17) is 4.42 Å². The summed E-state index contributed by atoms with van der Waals surface area (Å²) in [6.07, 6.45) is 1.75. The van der Waals surface area contributed by atoms with Crippen LogP contribution in [0.2, 0.25) is 0 Å². The minimum Gasteiger partial charge on any atom is -0.467 e. The van der Waals surface area contributed by atoms with Gasteiger partial charge in [-0.15, -0.1) is 0 Å². The molecule has 3 rings (SSSR count). The second-order valence-corrected chi connectivity index (χ2v) is 6.33. The van der Waals surface area contributed by atoms with Gasteiger partial charge in [-0.05, 0) is 44.5 Å². The minimum absolute atomic E-state index is 0.244. The molecule has 2 heterocycles. The Bertz CT molecular complexity index is 870.